The van der Waals surface area contributed by atoms with E-state index in [1.54, 1.807) is 24.4 Å². The van der Waals surface area contributed by atoms with Gasteiger partial charge in [0.25, 0.3) is 5.91 Å². The molecule has 2 aromatic rings. The standard InChI is InChI=1S/C15H16ClN3O2/c16-14-4-3-12(10-17-14)11-18-5-7-19(8-6-18)15(20)13-2-1-9-21-13/h1-4,9-10H,5-8,11H2. The highest BCUT2D eigenvalue weighted by molar-refractivity contribution is 6.29. The second-order valence-corrected chi connectivity index (χ2v) is 5.42. The number of pyridine rings is 1. The number of carbonyl (C=O) groups is 1. The van der Waals surface area contributed by atoms with E-state index in [4.69, 9.17) is 16.0 Å². The van der Waals surface area contributed by atoms with Gasteiger partial charge < -0.3 is 9.32 Å². The molecule has 0 aliphatic carbocycles. The molecule has 21 heavy (non-hydrogen) atoms. The van der Waals surface area contributed by atoms with Gasteiger partial charge in [-0.15, -0.1) is 0 Å². The quantitative estimate of drug-likeness (QED) is 0.816. The van der Waals surface area contributed by atoms with Gasteiger partial charge in [0.2, 0.25) is 0 Å². The molecule has 1 amide bonds. The SMILES string of the molecule is O=C(c1ccco1)N1CCN(Cc2ccc(Cl)nc2)CC1. The maximum Gasteiger partial charge on any atom is 0.289 e. The lowest BCUT2D eigenvalue weighted by molar-refractivity contribution is 0.0597. The van der Waals surface area contributed by atoms with Crippen LogP contribution in [-0.4, -0.2) is 46.9 Å². The summed E-state index contributed by atoms with van der Waals surface area (Å²) in [4.78, 5) is 20.4. The number of amides is 1. The number of carbonyl (C=O) groups excluding carboxylic acids is 1. The third kappa shape index (κ3) is 3.43. The first kappa shape index (κ1) is 14.1. The number of rotatable bonds is 3. The fraction of sp³-hybridized carbons (Fsp3) is 0.333. The Bertz CT molecular complexity index is 590. The lowest BCUT2D eigenvalue weighted by Gasteiger charge is -2.34. The van der Waals surface area contributed by atoms with Crippen LogP contribution in [0.25, 0.3) is 0 Å². The first-order valence-electron chi connectivity index (χ1n) is 6.88. The van der Waals surface area contributed by atoms with Gasteiger partial charge in [0.1, 0.15) is 5.15 Å². The van der Waals surface area contributed by atoms with Crippen LogP contribution in [0.5, 0.6) is 0 Å². The summed E-state index contributed by atoms with van der Waals surface area (Å²) in [5, 5.41) is 0.507. The predicted octanol–water partition coefficient (Wildman–Crippen LogP) is 2.29. The molecular formula is C15H16ClN3O2. The van der Waals surface area contributed by atoms with Gasteiger partial charge in [-0.25, -0.2) is 4.98 Å². The smallest absolute Gasteiger partial charge is 0.289 e. The summed E-state index contributed by atoms with van der Waals surface area (Å²) in [6.45, 7) is 3.93. The van der Waals surface area contributed by atoms with Crippen LogP contribution < -0.4 is 0 Å². The van der Waals surface area contributed by atoms with Crippen LogP contribution in [0.2, 0.25) is 5.15 Å². The fourth-order valence-electron chi connectivity index (χ4n) is 2.42. The van der Waals surface area contributed by atoms with E-state index in [9.17, 15) is 4.79 Å². The zero-order valence-electron chi connectivity index (χ0n) is 11.5. The third-order valence-electron chi connectivity index (χ3n) is 3.59. The molecule has 0 bridgehead atoms. The minimum atomic E-state index is -0.0344. The van der Waals surface area contributed by atoms with Gasteiger partial charge in [-0.2, -0.15) is 0 Å². The number of hydrogen-bond donors (Lipinski definition) is 0. The zero-order chi connectivity index (χ0) is 14.7. The van der Waals surface area contributed by atoms with E-state index in [0.717, 1.165) is 25.2 Å². The molecule has 0 saturated carbocycles. The molecule has 1 saturated heterocycles. The lowest BCUT2D eigenvalue weighted by Crippen LogP contribution is -2.48. The molecule has 0 N–H and O–H groups in total. The Labute approximate surface area is 128 Å². The highest BCUT2D eigenvalue weighted by Gasteiger charge is 2.23. The molecule has 6 heteroatoms. The van der Waals surface area contributed by atoms with E-state index in [1.807, 2.05) is 11.0 Å². The van der Waals surface area contributed by atoms with Crippen LogP contribution in [0.4, 0.5) is 0 Å². The number of aromatic nitrogens is 1. The van der Waals surface area contributed by atoms with Crippen LogP contribution in [0.3, 0.4) is 0 Å². The number of furan rings is 1. The van der Waals surface area contributed by atoms with Gasteiger partial charge in [-0.1, -0.05) is 17.7 Å². The molecular weight excluding hydrogens is 290 g/mol. The Hall–Kier alpha value is -1.85. The van der Waals surface area contributed by atoms with E-state index in [2.05, 4.69) is 9.88 Å². The average molecular weight is 306 g/mol. The Morgan fingerprint density at radius 1 is 1.24 bits per heavy atom. The molecule has 1 aliphatic rings. The summed E-state index contributed by atoms with van der Waals surface area (Å²) < 4.78 is 5.16. The molecule has 0 aromatic carbocycles. The van der Waals surface area contributed by atoms with Gasteiger partial charge in [-0.05, 0) is 23.8 Å². The van der Waals surface area contributed by atoms with Gasteiger partial charge in [0.15, 0.2) is 5.76 Å². The molecule has 110 valence electrons. The first-order chi connectivity index (χ1) is 10.2. The summed E-state index contributed by atoms with van der Waals surface area (Å²) in [5.41, 5.74) is 1.13. The topological polar surface area (TPSA) is 49.6 Å². The largest absolute Gasteiger partial charge is 0.459 e. The molecule has 5 nitrogen and oxygen atoms in total. The molecule has 1 fully saturated rings. The van der Waals surface area contributed by atoms with Crippen LogP contribution in [0, 0.1) is 0 Å². The maximum absolute atomic E-state index is 12.2. The predicted molar refractivity (Wildman–Crippen MR) is 79.1 cm³/mol. The van der Waals surface area contributed by atoms with E-state index in [1.165, 1.54) is 6.26 Å². The monoisotopic (exact) mass is 305 g/mol. The molecule has 0 radical (unpaired) electrons. The number of hydrogen-bond acceptors (Lipinski definition) is 4. The first-order valence-corrected chi connectivity index (χ1v) is 7.26. The zero-order valence-corrected chi connectivity index (χ0v) is 12.3. The minimum absolute atomic E-state index is 0.0344. The third-order valence-corrected chi connectivity index (χ3v) is 3.81. The van der Waals surface area contributed by atoms with Crippen molar-refractivity contribution in [2.75, 3.05) is 26.2 Å². The highest BCUT2D eigenvalue weighted by Crippen LogP contribution is 2.12. The number of nitrogens with zero attached hydrogens (tertiary/aromatic N) is 3. The molecule has 2 aromatic heterocycles. The Morgan fingerprint density at radius 2 is 2.05 bits per heavy atom. The minimum Gasteiger partial charge on any atom is -0.459 e. The normalized spacial score (nSPS) is 16.1. The van der Waals surface area contributed by atoms with Crippen molar-refractivity contribution < 1.29 is 9.21 Å². The van der Waals surface area contributed by atoms with Crippen LogP contribution in [-0.2, 0) is 6.54 Å². The van der Waals surface area contributed by atoms with Gasteiger partial charge >= 0.3 is 0 Å². The Morgan fingerprint density at radius 3 is 2.67 bits per heavy atom. The van der Waals surface area contributed by atoms with Crippen LogP contribution >= 0.6 is 11.6 Å². The Kier molecular flexibility index (Phi) is 4.22. The van der Waals surface area contributed by atoms with E-state index in [0.29, 0.717) is 24.0 Å². The van der Waals surface area contributed by atoms with Crippen molar-refractivity contribution in [3.8, 4) is 0 Å². The fourth-order valence-corrected chi connectivity index (χ4v) is 2.54. The highest BCUT2D eigenvalue weighted by atomic mass is 35.5. The van der Waals surface area contributed by atoms with Crippen molar-refractivity contribution in [3.05, 3.63) is 53.2 Å². The maximum atomic E-state index is 12.2. The van der Waals surface area contributed by atoms with E-state index in [-0.39, 0.29) is 5.91 Å². The molecule has 3 heterocycles. The summed E-state index contributed by atoms with van der Waals surface area (Å²) >= 11 is 5.78. The molecule has 1 aliphatic heterocycles. The van der Waals surface area contributed by atoms with Gasteiger partial charge in [0, 0.05) is 38.9 Å². The van der Waals surface area contributed by atoms with Crippen LogP contribution in [0.15, 0.2) is 41.1 Å². The number of halogens is 1. The number of piperazine rings is 1. The molecule has 0 atom stereocenters. The summed E-state index contributed by atoms with van der Waals surface area (Å²) in [5.74, 6) is 0.373. The molecule has 3 rings (SSSR count). The van der Waals surface area contributed by atoms with Gasteiger partial charge in [0.05, 0.1) is 6.26 Å². The summed E-state index contributed by atoms with van der Waals surface area (Å²) in [6.07, 6.45) is 3.32. The van der Waals surface area contributed by atoms with Crippen molar-refractivity contribution in [2.45, 2.75) is 6.54 Å². The lowest BCUT2D eigenvalue weighted by atomic mass is 10.2. The van der Waals surface area contributed by atoms with Crippen molar-refractivity contribution in [3.63, 3.8) is 0 Å². The molecule has 0 spiro atoms. The van der Waals surface area contributed by atoms with E-state index < -0.39 is 0 Å². The Balaban J connectivity index is 1.53. The van der Waals surface area contributed by atoms with Crippen molar-refractivity contribution in [1.82, 2.24) is 14.8 Å². The van der Waals surface area contributed by atoms with Crippen molar-refractivity contribution in [2.24, 2.45) is 0 Å². The second-order valence-electron chi connectivity index (χ2n) is 5.03. The van der Waals surface area contributed by atoms with Crippen LogP contribution in [0.1, 0.15) is 16.1 Å². The summed E-state index contributed by atoms with van der Waals surface area (Å²) in [6, 6.07) is 7.22. The van der Waals surface area contributed by atoms with Gasteiger partial charge in [-0.3, -0.25) is 9.69 Å². The second kappa shape index (κ2) is 6.28. The summed E-state index contributed by atoms with van der Waals surface area (Å²) in [7, 11) is 0. The molecule has 0 unspecified atom stereocenters. The van der Waals surface area contributed by atoms with Crippen molar-refractivity contribution >= 4 is 17.5 Å². The van der Waals surface area contributed by atoms with E-state index >= 15 is 0 Å². The van der Waals surface area contributed by atoms with Crippen molar-refractivity contribution in [1.29, 1.82) is 0 Å². The average Bonchev–Trinajstić information content (AvgIpc) is 3.04.